The van der Waals surface area contributed by atoms with E-state index in [2.05, 4.69) is 67.4 Å². The van der Waals surface area contributed by atoms with Crippen molar-refractivity contribution >= 4 is 67.4 Å². The van der Waals surface area contributed by atoms with Gasteiger partial charge in [-0.05, 0) is 35.4 Å². The maximum absolute atomic E-state index is 11.5. The average molecular weight is 868 g/mol. The number of benzene rings is 3. The van der Waals surface area contributed by atoms with Crippen molar-refractivity contribution < 1.29 is 38.9 Å². The highest BCUT2D eigenvalue weighted by molar-refractivity contribution is 6.01. The van der Waals surface area contributed by atoms with Crippen LogP contribution in [-0.2, 0) is 57.8 Å². The lowest BCUT2D eigenvalue weighted by atomic mass is 10.0. The molecule has 6 aromatic rings. The number of nitro groups is 1. The lowest BCUT2D eigenvalue weighted by Gasteiger charge is -2.29. The molecule has 3 aliphatic heterocycles. The Morgan fingerprint density at radius 1 is 0.635 bits per heavy atom. The van der Waals surface area contributed by atoms with Crippen LogP contribution in [0, 0.1) is 10.1 Å². The van der Waals surface area contributed by atoms with Crippen molar-refractivity contribution in [3.05, 3.63) is 94.4 Å². The van der Waals surface area contributed by atoms with Crippen LogP contribution in [0.4, 0.5) is 22.7 Å². The molecule has 3 aromatic heterocycles. The molecular weight excluding hydrogens is 811 g/mol. The van der Waals surface area contributed by atoms with Crippen LogP contribution in [0.1, 0.15) is 11.1 Å². The fraction of sp³-hybridized carbons (Fsp3) is 0.422. The molecule has 18 heteroatoms. The molecule has 0 aliphatic carbocycles. The van der Waals surface area contributed by atoms with Gasteiger partial charge in [-0.15, -0.1) is 0 Å². The highest BCUT2D eigenvalue weighted by atomic mass is 16.6. The highest BCUT2D eigenvalue weighted by Gasteiger charge is 2.27. The molecule has 63 heavy (non-hydrogen) atoms. The van der Waals surface area contributed by atoms with E-state index >= 15 is 0 Å². The van der Waals surface area contributed by atoms with Crippen LogP contribution >= 0.6 is 0 Å². The minimum atomic E-state index is -1.14. The third kappa shape index (κ3) is 9.90. The number of rotatable bonds is 10. The molecule has 9 rings (SSSR count). The van der Waals surface area contributed by atoms with Gasteiger partial charge in [0.05, 0.1) is 83.6 Å². The third-order valence-electron chi connectivity index (χ3n) is 11.9. The molecular formula is C45H57N9O9. The van der Waals surface area contributed by atoms with E-state index in [0.717, 1.165) is 74.8 Å². The number of anilines is 3. The molecule has 0 spiro atoms. The summed E-state index contributed by atoms with van der Waals surface area (Å²) in [5.41, 5.74) is 19.4. The maximum Gasteiger partial charge on any atom is 0.320 e. The number of carboxylic acids is 2. The molecule has 0 radical (unpaired) electrons. The molecule has 3 aromatic carbocycles. The van der Waals surface area contributed by atoms with E-state index in [0.29, 0.717) is 49.2 Å². The molecule has 0 amide bonds. The summed E-state index contributed by atoms with van der Waals surface area (Å²) in [6.07, 6.45) is 6.19. The number of carbonyl (C=O) groups is 2. The van der Waals surface area contributed by atoms with E-state index in [-0.39, 0.29) is 12.1 Å². The summed E-state index contributed by atoms with van der Waals surface area (Å²) in [5.74, 6) is -2.11. The molecule has 0 saturated carbocycles. The third-order valence-corrected chi connectivity index (χ3v) is 11.9. The predicted octanol–water partition coefficient (Wildman–Crippen LogP) is 3.86. The zero-order valence-corrected chi connectivity index (χ0v) is 36.0. The van der Waals surface area contributed by atoms with Gasteiger partial charge in [-0.25, -0.2) is 0 Å². The normalized spacial score (nSPS) is 16.6. The highest BCUT2D eigenvalue weighted by Crippen LogP contribution is 2.38. The van der Waals surface area contributed by atoms with Crippen molar-refractivity contribution in [2.24, 2.45) is 32.6 Å². The zero-order valence-electron chi connectivity index (χ0n) is 36.0. The predicted molar refractivity (Wildman–Crippen MR) is 243 cm³/mol. The second-order valence-electron chi connectivity index (χ2n) is 16.0. The van der Waals surface area contributed by atoms with Crippen LogP contribution in [0.15, 0.2) is 73.2 Å². The van der Waals surface area contributed by atoms with Crippen molar-refractivity contribution in [2.75, 3.05) is 93.6 Å². The van der Waals surface area contributed by atoms with Gasteiger partial charge in [0.1, 0.15) is 12.1 Å². The van der Waals surface area contributed by atoms with Gasteiger partial charge in [-0.2, -0.15) is 0 Å². The number of ether oxygens (including phenoxy) is 3. The number of carboxylic acid groups (broad SMARTS) is 2. The van der Waals surface area contributed by atoms with Gasteiger partial charge in [-0.1, -0.05) is 24.3 Å². The molecule has 2 unspecified atom stereocenters. The van der Waals surface area contributed by atoms with Crippen molar-refractivity contribution in [3.8, 4) is 0 Å². The molecule has 2 atom stereocenters. The lowest BCUT2D eigenvalue weighted by molar-refractivity contribution is -0.383. The Hall–Kier alpha value is -6.18. The minimum Gasteiger partial charge on any atom is -0.480 e. The smallest absolute Gasteiger partial charge is 0.320 e. The number of morpholine rings is 3. The quantitative estimate of drug-likeness (QED) is 0.114. The number of para-hydroxylation sites is 2. The number of aliphatic carboxylic acids is 2. The number of fused-ring (bicyclic) bond motifs is 3. The molecule has 18 nitrogen and oxygen atoms in total. The Morgan fingerprint density at radius 2 is 1.10 bits per heavy atom. The molecule has 0 bridgehead atoms. The number of hydrogen-bond donors (Lipinski definition) is 4. The number of nitro benzene ring substituents is 1. The Bertz CT molecular complexity index is 2570. The average Bonchev–Trinajstić information content (AvgIpc) is 3.95. The van der Waals surface area contributed by atoms with Gasteiger partial charge < -0.3 is 64.3 Å². The van der Waals surface area contributed by atoms with Gasteiger partial charge in [0.2, 0.25) is 0 Å². The second-order valence-corrected chi connectivity index (χ2v) is 16.0. The molecule has 3 fully saturated rings. The lowest BCUT2D eigenvalue weighted by Crippen LogP contribution is -2.36. The van der Waals surface area contributed by atoms with Crippen LogP contribution in [0.3, 0.4) is 0 Å². The Kier molecular flexibility index (Phi) is 14.2. The summed E-state index contributed by atoms with van der Waals surface area (Å²) < 4.78 is 22.2. The Morgan fingerprint density at radius 3 is 1.62 bits per heavy atom. The minimum absolute atomic E-state index is 0.0279. The number of non-ortho nitro benzene ring substituents is 1. The van der Waals surface area contributed by atoms with E-state index < -0.39 is 28.9 Å². The first-order valence-corrected chi connectivity index (χ1v) is 21.1. The molecule has 6 N–H and O–H groups in total. The fourth-order valence-electron chi connectivity index (χ4n) is 8.77. The van der Waals surface area contributed by atoms with Gasteiger partial charge >= 0.3 is 11.9 Å². The number of aromatic nitrogens is 3. The van der Waals surface area contributed by atoms with Crippen LogP contribution in [0.25, 0.3) is 32.7 Å². The van der Waals surface area contributed by atoms with E-state index in [4.69, 9.17) is 35.9 Å². The van der Waals surface area contributed by atoms with Gasteiger partial charge in [-0.3, -0.25) is 19.7 Å². The number of aryl methyl sites for hydroxylation is 3. The van der Waals surface area contributed by atoms with Crippen LogP contribution in [0.5, 0.6) is 0 Å². The zero-order chi connectivity index (χ0) is 44.8. The summed E-state index contributed by atoms with van der Waals surface area (Å²) in [4.78, 5) is 40.0. The van der Waals surface area contributed by atoms with E-state index in [1.54, 1.807) is 23.9 Å². The second kappa shape index (κ2) is 19.9. The summed E-state index contributed by atoms with van der Waals surface area (Å²) in [5, 5.41) is 32.4. The first-order valence-electron chi connectivity index (χ1n) is 21.1. The van der Waals surface area contributed by atoms with Crippen molar-refractivity contribution in [3.63, 3.8) is 0 Å². The van der Waals surface area contributed by atoms with Gasteiger partial charge in [0, 0.05) is 109 Å². The van der Waals surface area contributed by atoms with Crippen LogP contribution < -0.4 is 26.2 Å². The number of nitrogens with zero attached hydrogens (tertiary/aromatic N) is 7. The summed E-state index contributed by atoms with van der Waals surface area (Å²) in [6, 6.07) is 16.0. The standard InChI is InChI=1S/C16H20N4O5.C16H21N3O3.C13H16N2O/c1-18-9-10(8-11(17)16(21)22)14-12(20(23)24)2-3-13(15(14)18)19-4-6-25-7-5-19;1-18-10-11(9-13(17)16(20)21)12-3-2-4-14(15(12)18)19-5-7-22-8-6-19;1-14-6-5-11-3-2-4-12(13(11)14)15-7-9-16-10-8-15/h2-3,9,11H,4-8,17H2,1H3,(H,21,22);2-4,10,13H,5-9,17H2,1H3,(H,20,21);2-6H,7-10H2,1H3. The van der Waals surface area contributed by atoms with Gasteiger partial charge in [0.25, 0.3) is 5.69 Å². The maximum atomic E-state index is 11.5. The van der Waals surface area contributed by atoms with Crippen LogP contribution in [0.2, 0.25) is 0 Å². The monoisotopic (exact) mass is 867 g/mol. The largest absolute Gasteiger partial charge is 0.480 e. The van der Waals surface area contributed by atoms with Gasteiger partial charge in [0.15, 0.2) is 0 Å². The van der Waals surface area contributed by atoms with Crippen molar-refractivity contribution in [1.29, 1.82) is 0 Å². The fourth-order valence-corrected chi connectivity index (χ4v) is 8.77. The molecule has 3 aliphatic rings. The van der Waals surface area contributed by atoms with E-state index in [1.807, 2.05) is 25.4 Å². The van der Waals surface area contributed by atoms with E-state index in [1.165, 1.54) is 28.3 Å². The number of nitrogens with two attached hydrogens (primary N) is 2. The first kappa shape index (κ1) is 44.9. The van der Waals surface area contributed by atoms with Crippen molar-refractivity contribution in [2.45, 2.75) is 24.9 Å². The molecule has 3 saturated heterocycles. The molecule has 336 valence electrons. The van der Waals surface area contributed by atoms with E-state index in [9.17, 15) is 19.7 Å². The molecule has 6 heterocycles. The van der Waals surface area contributed by atoms with Crippen LogP contribution in [-0.4, -0.2) is 132 Å². The SMILES string of the molecule is Cn1cc(CC(N)C(=O)O)c2c([N+](=O)[O-])ccc(N3CCOCC3)c21.Cn1cc(CC(N)C(=O)O)c2cccc(N3CCOCC3)c21.Cn1ccc2cccc(N3CCOCC3)c21. The topological polar surface area (TPSA) is 222 Å². The summed E-state index contributed by atoms with van der Waals surface area (Å²) in [7, 11) is 5.89. The first-order chi connectivity index (χ1) is 30.3. The Labute approximate surface area is 364 Å². The Balaban J connectivity index is 0.000000145. The summed E-state index contributed by atoms with van der Waals surface area (Å²) >= 11 is 0. The summed E-state index contributed by atoms with van der Waals surface area (Å²) in [6.45, 7) is 9.44. The van der Waals surface area contributed by atoms with Crippen molar-refractivity contribution in [1.82, 2.24) is 13.7 Å². The number of hydrogen-bond acceptors (Lipinski definition) is 12.